The molecule has 2 aliphatic rings. The molecule has 13 rings (SSSR count). The van der Waals surface area contributed by atoms with Crippen LogP contribution in [0.4, 0.5) is 34.1 Å². The maximum absolute atomic E-state index is 2.71. The fourth-order valence-corrected chi connectivity index (χ4v) is 22.1. The smallest absolute Gasteiger partial charge is 0.184 e. The molecule has 0 radical (unpaired) electrons. The summed E-state index contributed by atoms with van der Waals surface area (Å²) >= 11 is 0. The van der Waals surface area contributed by atoms with Crippen LogP contribution in [-0.2, 0) is 0 Å². The number of para-hydroxylation sites is 4. The highest BCUT2D eigenvalue weighted by molar-refractivity contribution is 7.22. The van der Waals surface area contributed by atoms with Crippen LogP contribution in [0.3, 0.4) is 0 Å². The Morgan fingerprint density at radius 3 is 0.743 bits per heavy atom. The molecule has 2 nitrogen and oxygen atoms in total. The van der Waals surface area contributed by atoms with Gasteiger partial charge in [-0.2, -0.15) is 0 Å². The van der Waals surface area contributed by atoms with Crippen molar-refractivity contribution in [1.29, 1.82) is 0 Å². The van der Waals surface area contributed by atoms with Crippen molar-refractivity contribution < 1.29 is 0 Å². The van der Waals surface area contributed by atoms with Crippen LogP contribution in [0.25, 0.3) is 22.3 Å². The summed E-state index contributed by atoms with van der Waals surface area (Å²) in [5.41, 5.74) is 11.9. The van der Waals surface area contributed by atoms with E-state index in [0.29, 0.717) is 0 Å². The van der Waals surface area contributed by atoms with Crippen LogP contribution in [0.15, 0.2) is 291 Å². The lowest BCUT2D eigenvalue weighted by Gasteiger charge is -2.45. The van der Waals surface area contributed by atoms with Gasteiger partial charge in [-0.1, -0.05) is 237 Å². The summed E-state index contributed by atoms with van der Waals surface area (Å²) in [6.45, 7) is 0. The van der Waals surface area contributed by atoms with E-state index in [1.807, 2.05) is 0 Å². The molecule has 0 fully saturated rings. The normalized spacial score (nSPS) is 13.9. The third-order valence-electron chi connectivity index (χ3n) is 14.8. The summed E-state index contributed by atoms with van der Waals surface area (Å²) in [5, 5.41) is 11.1. The number of benzene rings is 11. The van der Waals surface area contributed by atoms with Crippen molar-refractivity contribution in [3.8, 4) is 22.3 Å². The number of rotatable bonds is 8. The second-order valence-electron chi connectivity index (χ2n) is 18.4. The molecule has 0 saturated heterocycles. The lowest BCUT2D eigenvalue weighted by Crippen LogP contribution is -2.77. The van der Waals surface area contributed by atoms with Gasteiger partial charge in [-0.05, 0) is 118 Å². The minimum absolute atomic E-state index is 1.14. The summed E-state index contributed by atoms with van der Waals surface area (Å²) in [7, 11) is -5.42. The van der Waals surface area contributed by atoms with Gasteiger partial charge in [-0.15, -0.1) is 0 Å². The fraction of sp³-hybridized carbons (Fsp3) is 0. The van der Waals surface area contributed by atoms with Crippen molar-refractivity contribution in [2.75, 3.05) is 9.80 Å². The molecule has 0 N–H and O–H groups in total. The Kier molecular flexibility index (Phi) is 10.2. The molecular formula is C66H48N2Si2. The molecule has 11 aromatic carbocycles. The number of anilines is 6. The van der Waals surface area contributed by atoms with E-state index in [4.69, 9.17) is 0 Å². The van der Waals surface area contributed by atoms with Gasteiger partial charge in [0, 0.05) is 34.1 Å². The lowest BCUT2D eigenvalue weighted by atomic mass is 9.98. The molecule has 0 spiro atoms. The highest BCUT2D eigenvalue weighted by atomic mass is 28.3. The Morgan fingerprint density at radius 2 is 0.443 bits per heavy atom. The van der Waals surface area contributed by atoms with Crippen LogP contribution < -0.4 is 51.3 Å². The van der Waals surface area contributed by atoms with Crippen molar-refractivity contribution >= 4 is 91.8 Å². The molecule has 0 amide bonds. The van der Waals surface area contributed by atoms with Crippen LogP contribution in [-0.4, -0.2) is 16.1 Å². The average molecular weight is 925 g/mol. The summed E-state index contributed by atoms with van der Waals surface area (Å²) in [6.07, 6.45) is 0. The van der Waals surface area contributed by atoms with Crippen LogP contribution in [0.5, 0.6) is 0 Å². The highest BCUT2D eigenvalue weighted by Gasteiger charge is 2.50. The van der Waals surface area contributed by atoms with E-state index in [-0.39, 0.29) is 0 Å². The topological polar surface area (TPSA) is 6.48 Å². The van der Waals surface area contributed by atoms with Crippen LogP contribution in [0.2, 0.25) is 0 Å². The first-order valence-electron chi connectivity index (χ1n) is 24.3. The molecule has 2 heterocycles. The monoisotopic (exact) mass is 924 g/mol. The molecule has 11 aromatic rings. The van der Waals surface area contributed by atoms with E-state index < -0.39 is 16.1 Å². The van der Waals surface area contributed by atoms with Gasteiger partial charge in [0.1, 0.15) is 0 Å². The Bertz CT molecular complexity index is 3270. The number of nitrogens with zero attached hydrogens (tertiary/aromatic N) is 2. The van der Waals surface area contributed by atoms with Crippen LogP contribution >= 0.6 is 0 Å². The van der Waals surface area contributed by atoms with Crippen molar-refractivity contribution in [2.45, 2.75) is 0 Å². The zero-order valence-corrected chi connectivity index (χ0v) is 40.6. The molecule has 0 bridgehead atoms. The number of fused-ring (bicyclic) bond motifs is 4. The Morgan fingerprint density at radius 1 is 0.200 bits per heavy atom. The molecule has 70 heavy (non-hydrogen) atoms. The zero-order valence-electron chi connectivity index (χ0n) is 38.6. The van der Waals surface area contributed by atoms with Gasteiger partial charge in [0.2, 0.25) is 0 Å². The molecular weight excluding hydrogens is 877 g/mol. The summed E-state index contributed by atoms with van der Waals surface area (Å²) < 4.78 is 0. The van der Waals surface area contributed by atoms with E-state index in [9.17, 15) is 0 Å². The SMILES string of the molecule is c1ccc([Si]2(c3ccccc3)c3ccccc3N(c3cccc(-c4cccc(-c5cccc(N6c7ccccc7[Si](c7ccccc7)(c7ccccc7)c7ccccc76)c5)c4)c3)c3ccccc32)cc1. The number of hydrogen-bond acceptors (Lipinski definition) is 2. The largest absolute Gasteiger partial charge is 0.311 e. The van der Waals surface area contributed by atoms with Crippen molar-refractivity contribution in [2.24, 2.45) is 0 Å². The van der Waals surface area contributed by atoms with Gasteiger partial charge in [0.15, 0.2) is 16.1 Å². The minimum atomic E-state index is -2.71. The molecule has 0 unspecified atom stereocenters. The second kappa shape index (κ2) is 17.2. The van der Waals surface area contributed by atoms with Gasteiger partial charge in [0.25, 0.3) is 0 Å². The first-order valence-corrected chi connectivity index (χ1v) is 28.3. The summed E-state index contributed by atoms with van der Waals surface area (Å²) in [6, 6.07) is 109. The van der Waals surface area contributed by atoms with E-state index in [1.165, 1.54) is 86.5 Å². The maximum Gasteiger partial charge on any atom is 0.184 e. The molecule has 0 atom stereocenters. The highest BCUT2D eigenvalue weighted by Crippen LogP contribution is 2.42. The van der Waals surface area contributed by atoms with Crippen molar-refractivity contribution in [1.82, 2.24) is 0 Å². The van der Waals surface area contributed by atoms with Gasteiger partial charge < -0.3 is 9.80 Å². The van der Waals surface area contributed by atoms with E-state index in [1.54, 1.807) is 0 Å². The summed E-state index contributed by atoms with van der Waals surface area (Å²) in [4.78, 5) is 5.00. The van der Waals surface area contributed by atoms with Crippen LogP contribution in [0, 0.1) is 0 Å². The predicted molar refractivity (Wildman–Crippen MR) is 301 cm³/mol. The quantitative estimate of drug-likeness (QED) is 0.140. The van der Waals surface area contributed by atoms with Crippen molar-refractivity contribution in [3.05, 3.63) is 291 Å². The average Bonchev–Trinajstić information content (AvgIpc) is 3.45. The first-order chi connectivity index (χ1) is 34.7. The Balaban J connectivity index is 0.908. The molecule has 0 aliphatic carbocycles. The first kappa shape index (κ1) is 41.6. The predicted octanol–water partition coefficient (Wildman–Crippen LogP) is 11.3. The summed E-state index contributed by atoms with van der Waals surface area (Å²) in [5.74, 6) is 0. The standard InChI is InChI=1S/C66H48N2Si2/c1-5-30-55(31-6-1)69(56-32-7-2-8-33-56)63-42-17-13-38-59(63)67(60-39-14-18-43-64(60)69)53-28-22-26-51(47-53)49-24-21-25-50(46-49)52-27-23-29-54(48-52)68-61-40-15-19-44-65(61)70(57-34-9-3-10-35-57,58-36-11-4-12-37-58)66-45-20-16-41-62(66)68/h1-48H. The second-order valence-corrected chi connectivity index (χ2v) is 25.8. The van der Waals surface area contributed by atoms with Gasteiger partial charge in [-0.25, -0.2) is 0 Å². The van der Waals surface area contributed by atoms with Gasteiger partial charge >= 0.3 is 0 Å². The van der Waals surface area contributed by atoms with Crippen molar-refractivity contribution in [3.63, 3.8) is 0 Å². The molecule has 330 valence electrons. The molecule has 4 heteroatoms. The molecule has 0 aromatic heterocycles. The van der Waals surface area contributed by atoms with E-state index >= 15 is 0 Å². The third kappa shape index (κ3) is 6.45. The van der Waals surface area contributed by atoms with Gasteiger partial charge in [0.05, 0.1) is 0 Å². The Hall–Kier alpha value is -8.55. The van der Waals surface area contributed by atoms with E-state index in [2.05, 4.69) is 301 Å². The minimum Gasteiger partial charge on any atom is -0.311 e. The zero-order chi connectivity index (χ0) is 46.5. The number of hydrogen-bond donors (Lipinski definition) is 0. The third-order valence-corrected chi connectivity index (χ3v) is 24.5. The lowest BCUT2D eigenvalue weighted by molar-refractivity contribution is 1.29. The maximum atomic E-state index is 2.50. The molecule has 2 aliphatic heterocycles. The van der Waals surface area contributed by atoms with Gasteiger partial charge in [-0.3, -0.25) is 0 Å². The van der Waals surface area contributed by atoms with E-state index in [0.717, 1.165) is 11.4 Å². The fourth-order valence-electron chi connectivity index (χ4n) is 11.9. The molecule has 0 saturated carbocycles. The van der Waals surface area contributed by atoms with Crippen LogP contribution in [0.1, 0.15) is 0 Å². The Labute approximate surface area is 412 Å².